The van der Waals surface area contributed by atoms with Crippen LogP contribution in [-0.4, -0.2) is 21.0 Å². The van der Waals surface area contributed by atoms with Crippen LogP contribution in [0, 0.1) is 11.6 Å². The van der Waals surface area contributed by atoms with E-state index < -0.39 is 17.6 Å². The molecule has 0 fully saturated rings. The van der Waals surface area contributed by atoms with Gasteiger partial charge in [-0.05, 0) is 12.1 Å². The van der Waals surface area contributed by atoms with Crippen molar-refractivity contribution in [3.8, 4) is 11.3 Å². The molecule has 0 aliphatic carbocycles. The first-order valence-electron chi connectivity index (χ1n) is 5.69. The van der Waals surface area contributed by atoms with Crippen molar-refractivity contribution in [1.82, 2.24) is 9.97 Å². The molecule has 4 nitrogen and oxygen atoms in total. The van der Waals surface area contributed by atoms with E-state index in [0.717, 1.165) is 12.1 Å². The van der Waals surface area contributed by atoms with Crippen molar-refractivity contribution in [2.24, 2.45) is 0 Å². The number of aliphatic carboxylic acids is 1. The molecule has 0 radical (unpaired) electrons. The zero-order valence-electron chi connectivity index (χ0n) is 10.2. The second-order valence-electron chi connectivity index (χ2n) is 4.31. The summed E-state index contributed by atoms with van der Waals surface area (Å²) in [5, 5.41) is 8.70. The minimum Gasteiger partial charge on any atom is -0.481 e. The number of halogens is 2. The summed E-state index contributed by atoms with van der Waals surface area (Å²) in [5.41, 5.74) is 0.590. The Morgan fingerprint density at radius 2 is 2.21 bits per heavy atom. The number of imidazole rings is 1. The minimum atomic E-state index is -0.932. The van der Waals surface area contributed by atoms with Gasteiger partial charge in [-0.1, -0.05) is 6.92 Å². The second kappa shape index (κ2) is 5.17. The predicted octanol–water partition coefficient (Wildman–Crippen LogP) is 2.93. The molecule has 0 saturated heterocycles. The van der Waals surface area contributed by atoms with Crippen molar-refractivity contribution < 1.29 is 18.7 Å². The van der Waals surface area contributed by atoms with Gasteiger partial charge in [0, 0.05) is 17.5 Å². The van der Waals surface area contributed by atoms with Crippen molar-refractivity contribution in [1.29, 1.82) is 0 Å². The van der Waals surface area contributed by atoms with Crippen LogP contribution >= 0.6 is 0 Å². The number of aromatic nitrogens is 2. The number of nitrogens with zero attached hydrogens (tertiary/aromatic N) is 1. The molecule has 0 aliphatic rings. The zero-order chi connectivity index (χ0) is 14.0. The average molecular weight is 266 g/mol. The van der Waals surface area contributed by atoms with E-state index in [0.29, 0.717) is 11.5 Å². The Kier molecular flexibility index (Phi) is 3.59. The maximum absolute atomic E-state index is 13.6. The van der Waals surface area contributed by atoms with Crippen LogP contribution in [-0.2, 0) is 4.79 Å². The molecule has 2 rings (SSSR count). The fourth-order valence-corrected chi connectivity index (χ4v) is 1.79. The Hall–Kier alpha value is -2.24. The first-order valence-corrected chi connectivity index (χ1v) is 5.69. The molecule has 100 valence electrons. The highest BCUT2D eigenvalue weighted by molar-refractivity contribution is 5.68. The van der Waals surface area contributed by atoms with E-state index in [2.05, 4.69) is 9.97 Å². The quantitative estimate of drug-likeness (QED) is 0.894. The average Bonchev–Trinajstić information content (AvgIpc) is 2.77. The Balaban J connectivity index is 2.28. The molecule has 0 spiro atoms. The van der Waals surface area contributed by atoms with Crippen LogP contribution < -0.4 is 0 Å². The van der Waals surface area contributed by atoms with E-state index in [1.54, 1.807) is 6.92 Å². The third kappa shape index (κ3) is 2.96. The number of H-pyrrole nitrogens is 1. The molecule has 0 saturated carbocycles. The molecule has 1 aromatic carbocycles. The molecule has 19 heavy (non-hydrogen) atoms. The van der Waals surface area contributed by atoms with E-state index in [-0.39, 0.29) is 17.9 Å². The highest BCUT2D eigenvalue weighted by Gasteiger charge is 2.15. The Labute approximate surface area is 108 Å². The summed E-state index contributed by atoms with van der Waals surface area (Å²) in [5.74, 6) is -2.13. The number of benzene rings is 1. The minimum absolute atomic E-state index is 0.0706. The Bertz CT molecular complexity index is 610. The van der Waals surface area contributed by atoms with E-state index in [4.69, 9.17) is 5.11 Å². The first-order chi connectivity index (χ1) is 8.97. The Morgan fingerprint density at radius 3 is 2.84 bits per heavy atom. The lowest BCUT2D eigenvalue weighted by Crippen LogP contribution is -2.04. The van der Waals surface area contributed by atoms with Gasteiger partial charge in [0.25, 0.3) is 0 Å². The monoisotopic (exact) mass is 266 g/mol. The fraction of sp³-hybridized carbons (Fsp3) is 0.231. The lowest BCUT2D eigenvalue weighted by molar-refractivity contribution is -0.137. The largest absolute Gasteiger partial charge is 0.481 e. The third-order valence-electron chi connectivity index (χ3n) is 2.76. The normalized spacial score (nSPS) is 12.4. The molecule has 1 heterocycles. The van der Waals surface area contributed by atoms with Crippen LogP contribution in [0.5, 0.6) is 0 Å². The second-order valence-corrected chi connectivity index (χ2v) is 4.31. The molecular weight excluding hydrogens is 254 g/mol. The lowest BCUT2D eigenvalue weighted by Gasteiger charge is -2.04. The number of hydrogen-bond acceptors (Lipinski definition) is 2. The van der Waals surface area contributed by atoms with Gasteiger partial charge in [-0.3, -0.25) is 4.79 Å². The summed E-state index contributed by atoms with van der Waals surface area (Å²) in [7, 11) is 0. The van der Waals surface area contributed by atoms with Crippen LogP contribution in [0.25, 0.3) is 11.3 Å². The van der Waals surface area contributed by atoms with Crippen molar-refractivity contribution in [3.05, 3.63) is 41.9 Å². The van der Waals surface area contributed by atoms with Gasteiger partial charge < -0.3 is 10.1 Å². The van der Waals surface area contributed by atoms with Gasteiger partial charge in [0.05, 0.1) is 18.3 Å². The maximum Gasteiger partial charge on any atom is 0.304 e. The van der Waals surface area contributed by atoms with Gasteiger partial charge in [-0.2, -0.15) is 0 Å². The summed E-state index contributed by atoms with van der Waals surface area (Å²) in [6.07, 6.45) is 1.34. The first kappa shape index (κ1) is 13.2. The molecule has 0 aliphatic heterocycles. The van der Waals surface area contributed by atoms with Gasteiger partial charge >= 0.3 is 5.97 Å². The molecule has 1 aromatic heterocycles. The van der Waals surface area contributed by atoms with E-state index in [1.165, 1.54) is 12.3 Å². The summed E-state index contributed by atoms with van der Waals surface area (Å²) in [6, 6.07) is 3.25. The number of hydrogen-bond donors (Lipinski definition) is 2. The number of carbonyl (C=O) groups is 1. The maximum atomic E-state index is 13.6. The van der Waals surface area contributed by atoms with Crippen molar-refractivity contribution >= 4 is 5.97 Å². The highest BCUT2D eigenvalue weighted by atomic mass is 19.1. The number of carboxylic acids is 1. The molecule has 2 aromatic rings. The van der Waals surface area contributed by atoms with Crippen LogP contribution in [0.4, 0.5) is 8.78 Å². The summed E-state index contributed by atoms with van der Waals surface area (Å²) >= 11 is 0. The summed E-state index contributed by atoms with van der Waals surface area (Å²) in [6.45, 7) is 1.71. The standard InChI is InChI=1S/C13H12F2N2O2/c1-7(4-12(18)19)13-16-6-11(17-13)9-3-2-8(14)5-10(9)15/h2-3,5-7H,4H2,1H3,(H,16,17)(H,18,19). The number of rotatable bonds is 4. The Morgan fingerprint density at radius 1 is 1.47 bits per heavy atom. The summed E-state index contributed by atoms with van der Waals surface area (Å²) in [4.78, 5) is 17.5. The molecule has 0 amide bonds. The van der Waals surface area contributed by atoms with Crippen LogP contribution in [0.3, 0.4) is 0 Å². The molecule has 0 bridgehead atoms. The van der Waals surface area contributed by atoms with Crippen LogP contribution in [0.1, 0.15) is 25.1 Å². The van der Waals surface area contributed by atoms with E-state index >= 15 is 0 Å². The molecular formula is C13H12F2N2O2. The van der Waals surface area contributed by atoms with Gasteiger partial charge in [0.1, 0.15) is 17.5 Å². The molecule has 2 N–H and O–H groups in total. The van der Waals surface area contributed by atoms with Gasteiger partial charge in [-0.25, -0.2) is 13.8 Å². The summed E-state index contributed by atoms with van der Waals surface area (Å²) < 4.78 is 26.4. The predicted molar refractivity (Wildman–Crippen MR) is 64.6 cm³/mol. The number of carboxylic acid groups (broad SMARTS) is 1. The molecule has 1 atom stereocenters. The van der Waals surface area contributed by atoms with E-state index in [9.17, 15) is 13.6 Å². The van der Waals surface area contributed by atoms with Gasteiger partial charge in [-0.15, -0.1) is 0 Å². The highest BCUT2D eigenvalue weighted by Crippen LogP contribution is 2.24. The van der Waals surface area contributed by atoms with Crippen molar-refractivity contribution in [3.63, 3.8) is 0 Å². The van der Waals surface area contributed by atoms with Crippen molar-refractivity contribution in [2.75, 3.05) is 0 Å². The van der Waals surface area contributed by atoms with E-state index in [1.807, 2.05) is 0 Å². The topological polar surface area (TPSA) is 66.0 Å². The lowest BCUT2D eigenvalue weighted by atomic mass is 10.1. The molecule has 1 unspecified atom stereocenters. The number of aromatic amines is 1. The van der Waals surface area contributed by atoms with Crippen LogP contribution in [0.2, 0.25) is 0 Å². The van der Waals surface area contributed by atoms with Gasteiger partial charge in [0.15, 0.2) is 0 Å². The molecule has 6 heteroatoms. The van der Waals surface area contributed by atoms with Gasteiger partial charge in [0.2, 0.25) is 0 Å². The number of nitrogens with one attached hydrogen (secondary N) is 1. The third-order valence-corrected chi connectivity index (χ3v) is 2.76. The fourth-order valence-electron chi connectivity index (χ4n) is 1.79. The SMILES string of the molecule is CC(CC(=O)O)c1ncc(-c2ccc(F)cc2F)[nH]1. The van der Waals surface area contributed by atoms with Crippen molar-refractivity contribution in [2.45, 2.75) is 19.3 Å². The van der Waals surface area contributed by atoms with Crippen LogP contribution in [0.15, 0.2) is 24.4 Å². The zero-order valence-corrected chi connectivity index (χ0v) is 10.2. The smallest absolute Gasteiger partial charge is 0.304 e.